The Morgan fingerprint density at radius 1 is 1.21 bits per heavy atom. The molecule has 232 valence electrons. The Hall–Kier alpha value is -2.87. The van der Waals surface area contributed by atoms with Crippen molar-refractivity contribution in [3.8, 4) is 5.75 Å². The molecule has 2 fully saturated rings. The van der Waals surface area contributed by atoms with Gasteiger partial charge in [0.25, 0.3) is 5.56 Å². The maximum absolute atomic E-state index is 16.4. The third-order valence-corrected chi connectivity index (χ3v) is 8.49. The van der Waals surface area contributed by atoms with Gasteiger partial charge in [0.05, 0.1) is 25.9 Å². The standard InChI is InChI=1S/C27H37FN3O10P/c1-4-5-7-12-22(33)40-23-20(39-25(27(23,3)28)31-14-13-21(32)29-26(31)34)17-38-42(35,41-19-10-8-6-9-11-19)30-18(2)24-36-15-16-37-24/h6,8-11,13-14,18,20,23-25H,4-5,7,12,15-17H2,1-3H3,(H,30,35)(H,29,32,34)/t18-,20+,23+,25+,27+,42?/m0/s1. The fourth-order valence-corrected chi connectivity index (χ4v) is 6.26. The minimum atomic E-state index is -4.20. The SMILES string of the molecule is CCCCCC(=O)O[C@@H]1[C@@H](COP(=O)(N[C@@H](C)C2OCCO2)Oc2ccccc2)O[C@@H](n2ccc(=O)[nH]c2=O)[C@]1(C)F. The van der Waals surface area contributed by atoms with Crippen LogP contribution in [0.2, 0.25) is 0 Å². The molecule has 0 bridgehead atoms. The van der Waals surface area contributed by atoms with Gasteiger partial charge in [0.15, 0.2) is 24.3 Å². The second-order valence-corrected chi connectivity index (χ2v) is 12.0. The van der Waals surface area contributed by atoms with E-state index in [1.165, 1.54) is 0 Å². The highest BCUT2D eigenvalue weighted by molar-refractivity contribution is 7.52. The molecule has 2 saturated heterocycles. The number of nitrogens with one attached hydrogen (secondary N) is 2. The van der Waals surface area contributed by atoms with Crippen molar-refractivity contribution < 1.29 is 41.7 Å². The fraction of sp³-hybridized carbons (Fsp3) is 0.593. The number of benzene rings is 1. The van der Waals surface area contributed by atoms with E-state index in [0.717, 1.165) is 36.6 Å². The van der Waals surface area contributed by atoms with Gasteiger partial charge in [-0.3, -0.25) is 23.7 Å². The van der Waals surface area contributed by atoms with Gasteiger partial charge in [-0.1, -0.05) is 38.0 Å². The number of unbranched alkanes of at least 4 members (excludes halogenated alkanes) is 2. The second-order valence-electron chi connectivity index (χ2n) is 10.3. The molecule has 42 heavy (non-hydrogen) atoms. The van der Waals surface area contributed by atoms with Crippen LogP contribution in [0.4, 0.5) is 4.39 Å². The average Bonchev–Trinajstić information content (AvgIpc) is 3.56. The summed E-state index contributed by atoms with van der Waals surface area (Å²) >= 11 is 0. The number of ether oxygens (including phenoxy) is 4. The third kappa shape index (κ3) is 7.94. The van der Waals surface area contributed by atoms with E-state index < -0.39 is 68.0 Å². The molecule has 0 aliphatic carbocycles. The van der Waals surface area contributed by atoms with Crippen molar-refractivity contribution in [3.05, 3.63) is 63.4 Å². The average molecular weight is 614 g/mol. The number of H-pyrrole nitrogens is 1. The molecule has 0 amide bonds. The highest BCUT2D eigenvalue weighted by atomic mass is 31.2. The van der Waals surface area contributed by atoms with Crippen molar-refractivity contribution in [2.24, 2.45) is 0 Å². The summed E-state index contributed by atoms with van der Waals surface area (Å²) in [6.45, 7) is 4.94. The van der Waals surface area contributed by atoms with Crippen LogP contribution < -0.4 is 20.9 Å². The molecule has 1 aromatic heterocycles. The third-order valence-electron chi connectivity index (χ3n) is 6.82. The van der Waals surface area contributed by atoms with E-state index in [4.69, 9.17) is 28.0 Å². The van der Waals surface area contributed by atoms with E-state index in [0.29, 0.717) is 19.6 Å². The zero-order valence-corrected chi connectivity index (χ0v) is 24.6. The van der Waals surface area contributed by atoms with E-state index in [-0.39, 0.29) is 12.2 Å². The van der Waals surface area contributed by atoms with Crippen LogP contribution in [0.5, 0.6) is 5.75 Å². The number of halogens is 1. The molecule has 1 unspecified atom stereocenters. The van der Waals surface area contributed by atoms with Crippen LogP contribution in [0.15, 0.2) is 52.2 Å². The monoisotopic (exact) mass is 613 g/mol. The van der Waals surface area contributed by atoms with Crippen LogP contribution in [0, 0.1) is 0 Å². The van der Waals surface area contributed by atoms with Gasteiger partial charge in [0.2, 0.25) is 0 Å². The number of carbonyl (C=O) groups excluding carboxylic acids is 1. The van der Waals surface area contributed by atoms with Gasteiger partial charge in [-0.25, -0.2) is 18.8 Å². The van der Waals surface area contributed by atoms with Crippen LogP contribution >= 0.6 is 7.75 Å². The smallest absolute Gasteiger partial charge is 0.456 e. The Labute approximate surface area is 242 Å². The normalized spacial score (nSPS) is 26.5. The first-order chi connectivity index (χ1) is 20.0. The zero-order valence-electron chi connectivity index (χ0n) is 23.7. The van der Waals surface area contributed by atoms with Crippen LogP contribution in [-0.2, 0) is 32.8 Å². The molecular formula is C27H37FN3O10P. The Morgan fingerprint density at radius 2 is 1.93 bits per heavy atom. The summed E-state index contributed by atoms with van der Waals surface area (Å²) in [5.74, 6) is -0.431. The highest BCUT2D eigenvalue weighted by Crippen LogP contribution is 2.48. The van der Waals surface area contributed by atoms with Crippen LogP contribution in [0.1, 0.15) is 52.7 Å². The molecular weight excluding hydrogens is 576 g/mol. The molecule has 13 nitrogen and oxygen atoms in total. The van der Waals surface area contributed by atoms with E-state index in [1.807, 2.05) is 6.92 Å². The van der Waals surface area contributed by atoms with Gasteiger partial charge in [-0.05, 0) is 32.4 Å². The number of aromatic amines is 1. The predicted octanol–water partition coefficient (Wildman–Crippen LogP) is 3.21. The number of hydrogen-bond acceptors (Lipinski definition) is 10. The molecule has 2 N–H and O–H groups in total. The van der Waals surface area contributed by atoms with Crippen molar-refractivity contribution in [2.75, 3.05) is 19.8 Å². The molecule has 2 aliphatic heterocycles. The summed E-state index contributed by atoms with van der Waals surface area (Å²) in [6.07, 6.45) is -1.87. The number of esters is 1. The van der Waals surface area contributed by atoms with E-state index in [2.05, 4.69) is 10.1 Å². The molecule has 2 aromatic rings. The summed E-state index contributed by atoms with van der Waals surface area (Å²) < 4.78 is 65.2. The maximum Gasteiger partial charge on any atom is 0.459 e. The number of aromatic nitrogens is 2. The first-order valence-electron chi connectivity index (χ1n) is 13.9. The van der Waals surface area contributed by atoms with Crippen molar-refractivity contribution in [1.29, 1.82) is 0 Å². The van der Waals surface area contributed by atoms with Gasteiger partial charge >= 0.3 is 19.4 Å². The molecule has 4 rings (SSSR count). The Kier molecular flexibility index (Phi) is 10.7. The summed E-state index contributed by atoms with van der Waals surface area (Å²) in [4.78, 5) is 38.9. The zero-order chi connectivity index (χ0) is 30.3. The molecule has 0 saturated carbocycles. The predicted molar refractivity (Wildman–Crippen MR) is 148 cm³/mol. The van der Waals surface area contributed by atoms with Crippen molar-refractivity contribution >= 4 is 13.7 Å². The number of carbonyl (C=O) groups is 1. The lowest BCUT2D eigenvalue weighted by atomic mass is 9.98. The Morgan fingerprint density at radius 3 is 2.60 bits per heavy atom. The molecule has 15 heteroatoms. The topological polar surface area (TPSA) is 156 Å². The Balaban J connectivity index is 1.58. The number of alkyl halides is 1. The van der Waals surface area contributed by atoms with Gasteiger partial charge in [-0.15, -0.1) is 0 Å². The lowest BCUT2D eigenvalue weighted by Gasteiger charge is -2.29. The first kappa shape index (κ1) is 32.1. The van der Waals surface area contributed by atoms with Crippen LogP contribution in [0.3, 0.4) is 0 Å². The molecule has 0 radical (unpaired) electrons. The second kappa shape index (κ2) is 14.1. The number of nitrogens with zero attached hydrogens (tertiary/aromatic N) is 1. The largest absolute Gasteiger partial charge is 0.459 e. The van der Waals surface area contributed by atoms with Gasteiger partial charge < -0.3 is 23.5 Å². The highest BCUT2D eigenvalue weighted by Gasteiger charge is 2.58. The summed E-state index contributed by atoms with van der Waals surface area (Å²) in [5.41, 5.74) is -4.05. The fourth-order valence-electron chi connectivity index (χ4n) is 4.72. The van der Waals surface area contributed by atoms with E-state index in [1.54, 1.807) is 37.3 Å². The molecule has 6 atom stereocenters. The number of para-hydroxylation sites is 1. The lowest BCUT2D eigenvalue weighted by molar-refractivity contribution is -0.158. The Bertz CT molecular complexity index is 1350. The molecule has 0 spiro atoms. The van der Waals surface area contributed by atoms with Crippen LogP contribution in [0.25, 0.3) is 0 Å². The number of hydrogen-bond donors (Lipinski definition) is 2. The van der Waals surface area contributed by atoms with Gasteiger partial charge in [0.1, 0.15) is 11.9 Å². The summed E-state index contributed by atoms with van der Waals surface area (Å²) in [6, 6.07) is 8.67. The van der Waals surface area contributed by atoms with Crippen LogP contribution in [-0.4, -0.2) is 65.5 Å². The molecule has 2 aliphatic rings. The van der Waals surface area contributed by atoms with Crippen molar-refractivity contribution in [2.45, 2.75) is 82.9 Å². The minimum absolute atomic E-state index is 0.0489. The lowest BCUT2D eigenvalue weighted by Crippen LogP contribution is -2.46. The van der Waals surface area contributed by atoms with E-state index >= 15 is 4.39 Å². The van der Waals surface area contributed by atoms with Crippen molar-refractivity contribution in [1.82, 2.24) is 14.6 Å². The maximum atomic E-state index is 16.4. The van der Waals surface area contributed by atoms with Gasteiger partial charge in [0, 0.05) is 18.7 Å². The minimum Gasteiger partial charge on any atom is -0.456 e. The summed E-state index contributed by atoms with van der Waals surface area (Å²) in [5, 5.41) is 2.79. The van der Waals surface area contributed by atoms with E-state index in [9.17, 15) is 18.9 Å². The molecule has 3 heterocycles. The van der Waals surface area contributed by atoms with Gasteiger partial charge in [-0.2, -0.15) is 0 Å². The number of rotatable bonds is 14. The first-order valence-corrected chi connectivity index (χ1v) is 15.4. The molecule has 1 aromatic carbocycles. The van der Waals surface area contributed by atoms with Crippen molar-refractivity contribution in [3.63, 3.8) is 0 Å². The summed E-state index contributed by atoms with van der Waals surface area (Å²) in [7, 11) is -4.20. The quantitative estimate of drug-likeness (QED) is 0.183.